The number of nitrogens with two attached hydrogens (primary N) is 1. The number of anilines is 1. The molecule has 0 spiro atoms. The van der Waals surface area contributed by atoms with Gasteiger partial charge in [0.05, 0.1) is 65.2 Å². The predicted molar refractivity (Wildman–Crippen MR) is 345 cm³/mol. The van der Waals surface area contributed by atoms with E-state index in [4.69, 9.17) is 48.7 Å². The molecule has 10 aromatic rings. The summed E-state index contributed by atoms with van der Waals surface area (Å²) in [6, 6.07) is 59.1. The Morgan fingerprint density at radius 3 is 1.17 bits per heavy atom. The quantitative estimate of drug-likeness (QED) is 0.0388. The summed E-state index contributed by atoms with van der Waals surface area (Å²) in [4.78, 5) is 18.0. The summed E-state index contributed by atoms with van der Waals surface area (Å²) in [7, 11) is 0. The highest BCUT2D eigenvalue weighted by atomic mass is 32.2. The third-order valence-electron chi connectivity index (χ3n) is 15.8. The summed E-state index contributed by atoms with van der Waals surface area (Å²) in [6.45, 7) is 5.60. The zero-order valence-electron chi connectivity index (χ0n) is 50.7. The fourth-order valence-corrected chi connectivity index (χ4v) is 12.3. The fourth-order valence-electron chi connectivity index (χ4n) is 11.0. The average molecular weight is 1280 g/mol. The number of hydrogen-bond acceptors (Lipinski definition) is 21. The molecule has 7 N–H and O–H groups in total. The molecule has 23 heteroatoms. The molecule has 470 valence electrons. The van der Waals surface area contributed by atoms with Crippen LogP contribution in [0.5, 0.6) is 0 Å². The Labute approximate surface area is 535 Å². The minimum Gasteiger partial charge on any atom is -0.380 e. The molecule has 6 heterocycles. The number of rotatable bonds is 25. The van der Waals surface area contributed by atoms with E-state index in [1.54, 1.807) is 17.6 Å². The lowest BCUT2D eigenvalue weighted by Gasteiger charge is -2.39. The second-order valence-electron chi connectivity index (χ2n) is 21.6. The third-order valence-corrected chi connectivity index (χ3v) is 17.5. The molecule has 2 aliphatic heterocycles. The maximum atomic E-state index is 12.8. The number of benzene rings is 6. The van der Waals surface area contributed by atoms with Crippen molar-refractivity contribution in [1.29, 1.82) is 0 Å². The van der Waals surface area contributed by atoms with Crippen molar-refractivity contribution < 1.29 is 48.1 Å². The highest BCUT2D eigenvalue weighted by Gasteiger charge is 2.68. The number of aromatic nitrogens is 8. The third kappa shape index (κ3) is 14.1. The van der Waals surface area contributed by atoms with Crippen LogP contribution in [0, 0.1) is 0 Å². The molecule has 4 aromatic heterocycles. The first-order valence-electron chi connectivity index (χ1n) is 29.0. The Balaban J connectivity index is 0.000000196. The summed E-state index contributed by atoms with van der Waals surface area (Å²) in [5.41, 5.74) is 10.6. The van der Waals surface area contributed by atoms with E-state index < -0.39 is 47.2 Å². The zero-order valence-corrected chi connectivity index (χ0v) is 53.1. The minimum absolute atomic E-state index is 0. The minimum atomic E-state index is -2.07. The van der Waals surface area contributed by atoms with Crippen LogP contribution in [0.3, 0.4) is 0 Å². The number of nitrogen functional groups attached to an aromatic ring is 1. The molecule has 0 amide bonds. The number of thioether (sulfide) groups is 3. The van der Waals surface area contributed by atoms with Crippen molar-refractivity contribution in [2.45, 2.75) is 116 Å². The van der Waals surface area contributed by atoms with Crippen molar-refractivity contribution in [2.24, 2.45) is 0 Å². The number of imidazole rings is 2. The predicted octanol–water partition coefficient (Wildman–Crippen LogP) is 10.8. The van der Waals surface area contributed by atoms with E-state index in [0.717, 1.165) is 33.4 Å². The van der Waals surface area contributed by atoms with Gasteiger partial charge in [0.15, 0.2) is 28.3 Å². The van der Waals surface area contributed by atoms with E-state index in [2.05, 4.69) is 25.0 Å². The van der Waals surface area contributed by atoms with Gasteiger partial charge in [0.2, 0.25) is 21.9 Å². The molecular formula is C67H74N10O10S3. The Hall–Kier alpha value is -7.17. The van der Waals surface area contributed by atoms with Crippen molar-refractivity contribution in [1.82, 2.24) is 45.3 Å². The van der Waals surface area contributed by atoms with Gasteiger partial charge in [0.1, 0.15) is 40.8 Å². The van der Waals surface area contributed by atoms with Gasteiger partial charge in [-0.2, -0.15) is 0 Å². The van der Waals surface area contributed by atoms with Crippen molar-refractivity contribution in [3.05, 3.63) is 239 Å². The van der Waals surface area contributed by atoms with Gasteiger partial charge in [-0.3, -0.25) is 0 Å². The zero-order chi connectivity index (χ0) is 61.9. The molecule has 0 saturated carbocycles. The summed E-state index contributed by atoms with van der Waals surface area (Å²) in [6.07, 6.45) is 5.83. The highest BCUT2D eigenvalue weighted by Crippen LogP contribution is 2.52. The lowest BCUT2D eigenvalue weighted by molar-refractivity contribution is -0.294. The van der Waals surface area contributed by atoms with Crippen LogP contribution < -0.4 is 11.9 Å². The van der Waals surface area contributed by atoms with Crippen LogP contribution in [0.15, 0.2) is 210 Å². The monoisotopic (exact) mass is 1270 g/mol. The van der Waals surface area contributed by atoms with Crippen molar-refractivity contribution in [3.63, 3.8) is 0 Å². The molecule has 12 rings (SSSR count). The molecule has 8 atom stereocenters. The van der Waals surface area contributed by atoms with Crippen molar-refractivity contribution >= 4 is 52.4 Å². The standard InChI is InChI=1S/C34H36N4O5S2.C33H35N5O5S.H3N/c1-33(42-22-26-17-11-6-12-18-26)29(41-21-25-15-9-5-10-16-25)27(23-40-20-24-13-7-4-8-14-24)43-34(33,39)28-19-35-30-31(44-2)36-32(45-3)37-38(28)30;1-32(42-21-25-16-10-5-11-17-25)28(41-20-24-14-8-4-9-15-24)26(22-40-19-23-12-6-3-7-13-23)43-33(32,39)27-18-35-30-29(34)36-31(44-2)37-38(27)30;/h4-19,27,29,39H,20-23H2,1-3H3;3-18,26,28,39H,19-22H2,1-2H3,(H2,34,36,37);1H3/t27-,29-,33-,34?;26-,28-,32-,33?;/m11./s1. The first-order chi connectivity index (χ1) is 43.4. The molecule has 2 aliphatic rings. The topological polar surface area (TPSA) is 261 Å². The van der Waals surface area contributed by atoms with Gasteiger partial charge < -0.3 is 60.0 Å². The van der Waals surface area contributed by atoms with Gasteiger partial charge in [0, 0.05) is 0 Å². The largest absolute Gasteiger partial charge is 0.380 e. The maximum absolute atomic E-state index is 12.8. The second kappa shape index (κ2) is 29.9. The van der Waals surface area contributed by atoms with Gasteiger partial charge in [-0.25, -0.2) is 29.0 Å². The second-order valence-corrected chi connectivity index (χ2v) is 24.0. The van der Waals surface area contributed by atoms with Gasteiger partial charge in [-0.1, -0.05) is 206 Å². The summed E-state index contributed by atoms with van der Waals surface area (Å²) < 4.78 is 55.3. The molecule has 0 aliphatic carbocycles. The van der Waals surface area contributed by atoms with Crippen LogP contribution >= 0.6 is 35.3 Å². The van der Waals surface area contributed by atoms with E-state index >= 15 is 0 Å². The average Bonchev–Trinajstić information content (AvgIpc) is 1.56. The van der Waals surface area contributed by atoms with E-state index in [1.807, 2.05) is 208 Å². The van der Waals surface area contributed by atoms with E-state index in [9.17, 15) is 10.2 Å². The molecule has 6 aromatic carbocycles. The molecule has 2 fully saturated rings. The first kappa shape index (κ1) is 65.8. The van der Waals surface area contributed by atoms with Crippen LogP contribution in [0.25, 0.3) is 11.3 Å². The molecule has 2 unspecified atom stereocenters. The van der Waals surface area contributed by atoms with Crippen LogP contribution in [0.4, 0.5) is 5.82 Å². The number of ether oxygens (including phenoxy) is 8. The van der Waals surface area contributed by atoms with Crippen molar-refractivity contribution in [3.8, 4) is 0 Å². The Morgan fingerprint density at radius 2 is 0.800 bits per heavy atom. The van der Waals surface area contributed by atoms with Crippen LogP contribution in [-0.4, -0.2) is 117 Å². The SMILES string of the molecule is CSc1nc(N)c2ncc(C3(O)O[C@H](COCc4ccccc4)[C@@H](OCc4ccccc4)[C@@]3(C)OCc3ccccc3)n2n1.CSc1nc(SC)c2ncc(C3(O)O[C@H](COCc4ccccc4)[C@@H](OCc4ccccc4)[C@@]3(C)OCc3ccccc3)n2n1.N. The van der Waals surface area contributed by atoms with E-state index in [1.165, 1.54) is 46.0 Å². The molecule has 2 saturated heterocycles. The van der Waals surface area contributed by atoms with Gasteiger partial charge in [-0.15, -0.1) is 22.0 Å². The van der Waals surface area contributed by atoms with Crippen molar-refractivity contribution in [2.75, 3.05) is 37.7 Å². The summed E-state index contributed by atoms with van der Waals surface area (Å²) in [5.74, 6) is -3.91. The van der Waals surface area contributed by atoms with Crippen LogP contribution in [0.1, 0.15) is 58.6 Å². The lowest BCUT2D eigenvalue weighted by atomic mass is 9.87. The van der Waals surface area contributed by atoms with Gasteiger partial charge in [-0.05, 0) is 66.0 Å². The van der Waals surface area contributed by atoms with Gasteiger partial charge in [0.25, 0.3) is 0 Å². The molecule has 0 radical (unpaired) electrons. The van der Waals surface area contributed by atoms with Crippen LogP contribution in [0.2, 0.25) is 0 Å². The smallest absolute Gasteiger partial charge is 0.244 e. The Morgan fingerprint density at radius 1 is 0.467 bits per heavy atom. The van der Waals surface area contributed by atoms with Crippen LogP contribution in [-0.2, 0) is 89.1 Å². The molecule has 0 bridgehead atoms. The normalized spacial score (nSPS) is 23.0. The maximum Gasteiger partial charge on any atom is 0.244 e. The fraction of sp³-hybridized carbons (Fsp3) is 0.313. The summed E-state index contributed by atoms with van der Waals surface area (Å²) in [5, 5.41) is 36.5. The number of fused-ring (bicyclic) bond motifs is 2. The Kier molecular flexibility index (Phi) is 21.8. The Bertz CT molecular complexity index is 3880. The lowest BCUT2D eigenvalue weighted by Crippen LogP contribution is -2.55. The molecule has 90 heavy (non-hydrogen) atoms. The van der Waals surface area contributed by atoms with Gasteiger partial charge >= 0.3 is 0 Å². The number of nitrogens with zero attached hydrogens (tertiary/aromatic N) is 8. The van der Waals surface area contributed by atoms with E-state index in [-0.39, 0.29) is 57.3 Å². The highest BCUT2D eigenvalue weighted by molar-refractivity contribution is 7.99. The summed E-state index contributed by atoms with van der Waals surface area (Å²) >= 11 is 4.19. The molecular weight excluding hydrogens is 1200 g/mol. The molecule has 20 nitrogen and oxygen atoms in total. The van der Waals surface area contributed by atoms with E-state index in [0.29, 0.717) is 45.5 Å². The first-order valence-corrected chi connectivity index (χ1v) is 32.6. The number of aliphatic hydroxyl groups is 2. The number of hydrogen-bond donors (Lipinski definition) is 4.